The molecule has 0 amide bonds. The molecule has 3 rings (SSSR count). The molecule has 0 saturated heterocycles. The second-order valence-corrected chi connectivity index (χ2v) is 7.04. The van der Waals surface area contributed by atoms with E-state index in [4.69, 9.17) is 0 Å². The van der Waals surface area contributed by atoms with Crippen LogP contribution in [-0.4, -0.2) is 0 Å². The molecule has 4 unspecified atom stereocenters. The Labute approximate surface area is 82.1 Å². The minimum absolute atomic E-state index is 0.575. The summed E-state index contributed by atoms with van der Waals surface area (Å²) in [6.45, 7) is 9.80. The van der Waals surface area contributed by atoms with Crippen LogP contribution in [0.4, 0.5) is 0 Å². The molecule has 5 atom stereocenters. The third-order valence-electron chi connectivity index (χ3n) is 5.41. The summed E-state index contributed by atoms with van der Waals surface area (Å²) >= 11 is 0. The molecule has 0 aromatic carbocycles. The summed E-state index contributed by atoms with van der Waals surface area (Å²) < 4.78 is 0. The summed E-state index contributed by atoms with van der Waals surface area (Å²) in [5.41, 5.74) is 1.47. The van der Waals surface area contributed by atoms with Crippen LogP contribution in [0.15, 0.2) is 0 Å². The maximum Gasteiger partial charge on any atom is -0.0230 e. The predicted molar refractivity (Wildman–Crippen MR) is 55.4 cm³/mol. The van der Waals surface area contributed by atoms with Crippen molar-refractivity contribution in [2.75, 3.05) is 0 Å². The molecule has 3 aliphatic carbocycles. The fourth-order valence-electron chi connectivity index (χ4n) is 4.72. The van der Waals surface area contributed by atoms with E-state index in [2.05, 4.69) is 27.7 Å². The second-order valence-electron chi connectivity index (χ2n) is 7.04. The molecule has 0 heteroatoms. The van der Waals surface area contributed by atoms with Crippen LogP contribution in [-0.2, 0) is 0 Å². The quantitative estimate of drug-likeness (QED) is 0.530. The van der Waals surface area contributed by atoms with Crippen LogP contribution in [0.2, 0.25) is 0 Å². The van der Waals surface area contributed by atoms with Gasteiger partial charge in [0.1, 0.15) is 0 Å². The smallest absolute Gasteiger partial charge is 0.0230 e. The van der Waals surface area contributed by atoms with Gasteiger partial charge >= 0.3 is 0 Å². The van der Waals surface area contributed by atoms with Gasteiger partial charge in [-0.3, -0.25) is 0 Å². The number of hydrogen-bond acceptors (Lipinski definition) is 0. The Bertz CT molecular complexity index is 247. The highest BCUT2D eigenvalue weighted by Gasteiger charge is 2.73. The van der Waals surface area contributed by atoms with Crippen LogP contribution in [0.25, 0.3) is 0 Å². The molecule has 3 aliphatic rings. The zero-order valence-electron chi connectivity index (χ0n) is 9.43. The van der Waals surface area contributed by atoms with Gasteiger partial charge in [0.2, 0.25) is 0 Å². The topological polar surface area (TPSA) is 0 Å². The maximum absolute atomic E-state index is 2.47. The molecule has 0 aromatic heterocycles. The summed E-state index contributed by atoms with van der Waals surface area (Å²) in [6.07, 6.45) is 4.70. The molecule has 0 nitrogen and oxygen atoms in total. The van der Waals surface area contributed by atoms with E-state index >= 15 is 0 Å². The summed E-state index contributed by atoms with van der Waals surface area (Å²) in [4.78, 5) is 0. The summed E-state index contributed by atoms with van der Waals surface area (Å²) in [7, 11) is 0. The van der Waals surface area contributed by atoms with Crippen molar-refractivity contribution >= 4 is 0 Å². The van der Waals surface area contributed by atoms with Crippen molar-refractivity contribution in [1.29, 1.82) is 0 Å². The van der Waals surface area contributed by atoms with Gasteiger partial charge in [0, 0.05) is 0 Å². The second kappa shape index (κ2) is 1.99. The highest BCUT2D eigenvalue weighted by Crippen LogP contribution is 2.81. The van der Waals surface area contributed by atoms with Gasteiger partial charge < -0.3 is 0 Å². The van der Waals surface area contributed by atoms with E-state index in [1.54, 1.807) is 19.3 Å². The van der Waals surface area contributed by atoms with Crippen molar-refractivity contribution in [3.8, 4) is 0 Å². The highest BCUT2D eigenvalue weighted by molar-refractivity contribution is 5.22. The SMILES string of the molecule is CC1C[C@@]23CC2C(C(C)(C)C)CC13. The van der Waals surface area contributed by atoms with Crippen LogP contribution in [0.5, 0.6) is 0 Å². The van der Waals surface area contributed by atoms with Crippen molar-refractivity contribution in [3.63, 3.8) is 0 Å². The van der Waals surface area contributed by atoms with Crippen LogP contribution in [0.1, 0.15) is 47.0 Å². The minimum atomic E-state index is 0.575. The van der Waals surface area contributed by atoms with E-state index in [1.807, 2.05) is 0 Å². The van der Waals surface area contributed by atoms with Gasteiger partial charge in [-0.05, 0) is 53.8 Å². The fraction of sp³-hybridized carbons (Fsp3) is 1.00. The van der Waals surface area contributed by atoms with Gasteiger partial charge in [-0.15, -0.1) is 0 Å². The Hall–Kier alpha value is 0. The molecule has 0 bridgehead atoms. The Morgan fingerprint density at radius 3 is 2.23 bits per heavy atom. The number of hydrogen-bond donors (Lipinski definition) is 0. The van der Waals surface area contributed by atoms with Crippen molar-refractivity contribution in [2.24, 2.45) is 34.5 Å². The Kier molecular flexibility index (Phi) is 1.27. The maximum atomic E-state index is 2.47. The van der Waals surface area contributed by atoms with E-state index < -0.39 is 0 Å². The first-order valence-corrected chi connectivity index (χ1v) is 5.95. The zero-order valence-corrected chi connectivity index (χ0v) is 9.43. The zero-order chi connectivity index (χ0) is 9.43. The first-order chi connectivity index (χ1) is 5.95. The molecule has 0 heterocycles. The minimum Gasteiger partial charge on any atom is -0.0622 e. The normalized spacial score (nSPS) is 58.2. The molecule has 3 saturated carbocycles. The van der Waals surface area contributed by atoms with Crippen molar-refractivity contribution in [3.05, 3.63) is 0 Å². The molecular weight excluding hydrogens is 156 g/mol. The van der Waals surface area contributed by atoms with Gasteiger partial charge in [-0.2, -0.15) is 0 Å². The lowest BCUT2D eigenvalue weighted by Crippen LogP contribution is -2.34. The van der Waals surface area contributed by atoms with E-state index in [1.165, 1.54) is 0 Å². The summed E-state index contributed by atoms with van der Waals surface area (Å²) in [5.74, 6) is 4.36. The average Bonchev–Trinajstić information content (AvgIpc) is 2.58. The third kappa shape index (κ3) is 0.831. The van der Waals surface area contributed by atoms with Gasteiger partial charge in [0.05, 0.1) is 0 Å². The molecule has 0 N–H and O–H groups in total. The largest absolute Gasteiger partial charge is 0.0622 e. The first-order valence-electron chi connectivity index (χ1n) is 5.95. The predicted octanol–water partition coefficient (Wildman–Crippen LogP) is 3.71. The van der Waals surface area contributed by atoms with Gasteiger partial charge in [0.15, 0.2) is 0 Å². The van der Waals surface area contributed by atoms with Crippen molar-refractivity contribution < 1.29 is 0 Å². The van der Waals surface area contributed by atoms with Gasteiger partial charge in [0.25, 0.3) is 0 Å². The number of rotatable bonds is 0. The molecule has 74 valence electrons. The molecule has 0 aromatic rings. The lowest BCUT2D eigenvalue weighted by atomic mass is 9.63. The molecule has 0 aliphatic heterocycles. The lowest BCUT2D eigenvalue weighted by Gasteiger charge is -2.42. The third-order valence-corrected chi connectivity index (χ3v) is 5.41. The molecule has 0 radical (unpaired) electrons. The lowest BCUT2D eigenvalue weighted by molar-refractivity contribution is 0.0714. The molecule has 1 spiro atoms. The van der Waals surface area contributed by atoms with E-state index in [0.717, 1.165) is 29.1 Å². The monoisotopic (exact) mass is 178 g/mol. The van der Waals surface area contributed by atoms with Gasteiger partial charge in [-0.1, -0.05) is 27.7 Å². The fourth-order valence-corrected chi connectivity index (χ4v) is 4.72. The Morgan fingerprint density at radius 1 is 1.08 bits per heavy atom. The van der Waals surface area contributed by atoms with Crippen LogP contribution >= 0.6 is 0 Å². The van der Waals surface area contributed by atoms with Crippen LogP contribution < -0.4 is 0 Å². The molecule has 3 fully saturated rings. The van der Waals surface area contributed by atoms with Gasteiger partial charge in [-0.25, -0.2) is 0 Å². The first kappa shape index (κ1) is 8.32. The summed E-state index contributed by atoms with van der Waals surface area (Å²) in [5, 5.41) is 0. The van der Waals surface area contributed by atoms with Crippen molar-refractivity contribution in [1.82, 2.24) is 0 Å². The van der Waals surface area contributed by atoms with E-state index in [-0.39, 0.29) is 0 Å². The standard InChI is InChI=1S/C13H22/c1-8-6-13-7-11(13)10(5-9(8)13)12(2,3)4/h8-11H,5-7H2,1-4H3/t8?,9?,10?,11?,13-/m0/s1. The van der Waals surface area contributed by atoms with Crippen molar-refractivity contribution in [2.45, 2.75) is 47.0 Å². The average molecular weight is 178 g/mol. The van der Waals surface area contributed by atoms with Crippen LogP contribution in [0.3, 0.4) is 0 Å². The van der Waals surface area contributed by atoms with E-state index in [0.29, 0.717) is 5.41 Å². The Morgan fingerprint density at radius 2 is 1.77 bits per heavy atom. The Balaban J connectivity index is 1.84. The highest BCUT2D eigenvalue weighted by atomic mass is 14.8. The van der Waals surface area contributed by atoms with Crippen LogP contribution in [0, 0.1) is 34.5 Å². The van der Waals surface area contributed by atoms with E-state index in [9.17, 15) is 0 Å². The molecular formula is C13H22. The molecule has 13 heavy (non-hydrogen) atoms. The summed E-state index contributed by atoms with van der Waals surface area (Å²) in [6, 6.07) is 0.